The van der Waals surface area contributed by atoms with E-state index >= 15 is 0 Å². The van der Waals surface area contributed by atoms with Gasteiger partial charge in [-0.25, -0.2) is 0 Å². The fourth-order valence-electron chi connectivity index (χ4n) is 4.58. The maximum absolute atomic E-state index is 13.4. The van der Waals surface area contributed by atoms with Gasteiger partial charge in [-0.05, 0) is 12.1 Å². The van der Waals surface area contributed by atoms with E-state index in [4.69, 9.17) is 4.84 Å². The Morgan fingerprint density at radius 3 is 2.00 bits per heavy atom. The molecule has 35 heavy (non-hydrogen) atoms. The number of carbonyl (C=O) groups is 2. The van der Waals surface area contributed by atoms with Crippen molar-refractivity contribution in [3.05, 3.63) is 66.0 Å². The molecule has 0 spiro atoms. The summed E-state index contributed by atoms with van der Waals surface area (Å²) in [6.07, 6.45) is 3.69. The summed E-state index contributed by atoms with van der Waals surface area (Å²) in [5.41, 5.74) is 4.39. The molecule has 8 nitrogen and oxygen atoms in total. The van der Waals surface area contributed by atoms with Gasteiger partial charge in [-0.2, -0.15) is 0 Å². The molecule has 180 valence electrons. The molecule has 2 amide bonds. The van der Waals surface area contributed by atoms with Crippen LogP contribution in [0.15, 0.2) is 54.9 Å². The lowest BCUT2D eigenvalue weighted by Gasteiger charge is -2.10. The van der Waals surface area contributed by atoms with Crippen molar-refractivity contribution in [3.8, 4) is 0 Å². The normalized spacial score (nSPS) is 13.6. The predicted octanol–water partition coefficient (Wildman–Crippen LogP) is 3.83. The van der Waals surface area contributed by atoms with Crippen LogP contribution in [0.4, 0.5) is 5.69 Å². The Bertz CT molecular complexity index is 1520. The second-order valence-corrected chi connectivity index (χ2v) is 8.02. The molecule has 0 saturated carbocycles. The van der Waals surface area contributed by atoms with Gasteiger partial charge in [-0.3, -0.25) is 19.3 Å². The first-order valence-electron chi connectivity index (χ1n) is 11.4. The van der Waals surface area contributed by atoms with Crippen molar-refractivity contribution in [3.63, 3.8) is 0 Å². The number of imide groups is 1. The van der Waals surface area contributed by atoms with E-state index in [0.29, 0.717) is 11.1 Å². The summed E-state index contributed by atoms with van der Waals surface area (Å²) in [6.45, 7) is 7.14. The fourth-order valence-corrected chi connectivity index (χ4v) is 4.58. The van der Waals surface area contributed by atoms with Crippen molar-refractivity contribution < 1.29 is 24.3 Å². The van der Waals surface area contributed by atoms with Crippen molar-refractivity contribution in [1.82, 2.24) is 14.0 Å². The third kappa shape index (κ3) is 3.63. The minimum atomic E-state index is -0.686. The summed E-state index contributed by atoms with van der Waals surface area (Å²) in [7, 11) is 5.30. The van der Waals surface area contributed by atoms with Gasteiger partial charge in [-0.15, -0.1) is 0 Å². The smallest absolute Gasteiger partial charge is 0.264 e. The minimum Gasteiger partial charge on any atom is -0.376 e. The van der Waals surface area contributed by atoms with Crippen LogP contribution in [-0.4, -0.2) is 56.3 Å². The number of rotatable bonds is 5. The number of amides is 2. The van der Waals surface area contributed by atoms with Crippen LogP contribution in [0, 0.1) is 0 Å². The molecule has 0 unspecified atom stereocenters. The monoisotopic (exact) mass is 473 g/mol. The molecular weight excluding hydrogens is 444 g/mol. The molecule has 2 aromatic heterocycles. The van der Waals surface area contributed by atoms with E-state index in [1.807, 2.05) is 91.9 Å². The number of fused-ring (bicyclic) bond motifs is 2. The Labute approximate surface area is 203 Å². The number of carbonyl (C=O) groups excluding carboxylic acids is 2. The molecular formula is C27H29N4O4+. The summed E-state index contributed by atoms with van der Waals surface area (Å²) in [6, 6.07) is 13.3. The molecule has 0 saturated heterocycles. The van der Waals surface area contributed by atoms with Crippen molar-refractivity contribution in [2.45, 2.75) is 13.8 Å². The Kier molecular flexibility index (Phi) is 6.32. The lowest BCUT2D eigenvalue weighted by Crippen LogP contribution is -2.32. The molecule has 2 aromatic carbocycles. The zero-order valence-corrected chi connectivity index (χ0v) is 20.6. The van der Waals surface area contributed by atoms with Gasteiger partial charge in [0.05, 0.1) is 16.7 Å². The first-order valence-corrected chi connectivity index (χ1v) is 11.4. The van der Waals surface area contributed by atoms with Gasteiger partial charge < -0.3 is 14.2 Å². The van der Waals surface area contributed by atoms with E-state index in [2.05, 4.69) is 6.72 Å². The quantitative estimate of drug-likeness (QED) is 0.207. The molecule has 0 radical (unpaired) electrons. The second-order valence-electron chi connectivity index (χ2n) is 8.02. The number of aromatic nitrogens is 2. The highest BCUT2D eigenvalue weighted by atomic mass is 16.6. The van der Waals surface area contributed by atoms with Crippen molar-refractivity contribution in [2.75, 3.05) is 13.8 Å². The van der Waals surface area contributed by atoms with Gasteiger partial charge in [0, 0.05) is 70.8 Å². The zero-order chi connectivity index (χ0) is 25.4. The first-order chi connectivity index (χ1) is 16.9. The lowest BCUT2D eigenvalue weighted by atomic mass is 9.95. The van der Waals surface area contributed by atoms with Crippen LogP contribution in [0.2, 0.25) is 0 Å². The maximum Gasteiger partial charge on any atom is 0.264 e. The van der Waals surface area contributed by atoms with Gasteiger partial charge in [0.2, 0.25) is 0 Å². The van der Waals surface area contributed by atoms with E-state index < -0.39 is 18.5 Å². The van der Waals surface area contributed by atoms with E-state index in [0.717, 1.165) is 32.4 Å². The van der Waals surface area contributed by atoms with Crippen molar-refractivity contribution in [2.24, 2.45) is 14.1 Å². The topological polar surface area (TPSA) is 79.7 Å². The highest BCUT2D eigenvalue weighted by molar-refractivity contribution is 6.50. The second kappa shape index (κ2) is 9.23. The van der Waals surface area contributed by atoms with Gasteiger partial charge in [0.25, 0.3) is 17.5 Å². The number of hydrogen-bond donors (Lipinski definition) is 1. The average Bonchev–Trinajstić information content (AvgIpc) is 3.47. The third-order valence-electron chi connectivity index (χ3n) is 6.23. The summed E-state index contributed by atoms with van der Waals surface area (Å²) in [4.78, 5) is 32.8. The molecule has 0 atom stereocenters. The van der Waals surface area contributed by atoms with E-state index in [-0.39, 0.29) is 11.1 Å². The van der Waals surface area contributed by atoms with Gasteiger partial charge in [0.1, 0.15) is 13.8 Å². The van der Waals surface area contributed by atoms with Gasteiger partial charge in [-0.1, -0.05) is 32.0 Å². The predicted molar refractivity (Wildman–Crippen MR) is 137 cm³/mol. The average molecular weight is 474 g/mol. The van der Waals surface area contributed by atoms with Crippen LogP contribution in [-0.2, 0) is 28.5 Å². The summed E-state index contributed by atoms with van der Waals surface area (Å²) in [5.74, 6) is -1.02. The minimum absolute atomic E-state index is 0.280. The largest absolute Gasteiger partial charge is 0.376 e. The molecule has 1 aliphatic heterocycles. The zero-order valence-electron chi connectivity index (χ0n) is 20.6. The number of aliphatic hydroxyl groups is 1. The van der Waals surface area contributed by atoms with Crippen LogP contribution in [0.5, 0.6) is 0 Å². The molecule has 3 heterocycles. The van der Waals surface area contributed by atoms with Gasteiger partial charge >= 0.3 is 0 Å². The van der Waals surface area contributed by atoms with Crippen molar-refractivity contribution >= 4 is 57.2 Å². The number of aryl methyl sites for hydroxylation is 2. The summed E-state index contributed by atoms with van der Waals surface area (Å²) >= 11 is 0. The molecule has 0 bridgehead atoms. The lowest BCUT2D eigenvalue weighted by molar-refractivity contribution is -0.714. The number of hydrogen-bond acceptors (Lipinski definition) is 4. The van der Waals surface area contributed by atoms with E-state index in [1.165, 1.54) is 11.8 Å². The summed E-state index contributed by atoms with van der Waals surface area (Å²) < 4.78 is 5.22. The fraction of sp³-hybridized carbons (Fsp3) is 0.222. The summed E-state index contributed by atoms with van der Waals surface area (Å²) in [5, 5.41) is 11.5. The molecule has 4 aromatic rings. The van der Waals surface area contributed by atoms with E-state index in [9.17, 15) is 14.7 Å². The number of aliphatic hydroxyl groups excluding tert-OH is 1. The Morgan fingerprint density at radius 2 is 1.43 bits per heavy atom. The Hall–Kier alpha value is -4.17. The number of nitrogens with zero attached hydrogens (tertiary/aromatic N) is 4. The molecule has 0 fully saturated rings. The van der Waals surface area contributed by atoms with Crippen molar-refractivity contribution in [1.29, 1.82) is 0 Å². The van der Waals surface area contributed by atoms with Crippen LogP contribution >= 0.6 is 0 Å². The highest BCUT2D eigenvalue weighted by Crippen LogP contribution is 2.41. The van der Waals surface area contributed by atoms with Crippen LogP contribution < -0.4 is 0 Å². The molecule has 8 heteroatoms. The number of para-hydroxylation sites is 1. The molecule has 5 rings (SSSR count). The van der Waals surface area contributed by atoms with Crippen LogP contribution in [0.1, 0.15) is 25.0 Å². The van der Waals surface area contributed by atoms with Crippen LogP contribution in [0.3, 0.4) is 0 Å². The third-order valence-corrected chi connectivity index (χ3v) is 6.23. The number of benzene rings is 2. The van der Waals surface area contributed by atoms with Gasteiger partial charge in [0.15, 0.2) is 6.72 Å². The Balaban J connectivity index is 0.00000141. The molecule has 0 aliphatic carbocycles. The maximum atomic E-state index is 13.4. The van der Waals surface area contributed by atoms with Crippen LogP contribution in [0.25, 0.3) is 33.0 Å². The standard InChI is InChI=1S/C25H23N4O4.C2H6/c1-26-12-18(16-7-5-6-8-20(16)26)22-23(25(32)29(14-30)24(22)31)19-13-27(2)21-11-15(28(3)33-4)9-10-17(19)21;1-2/h5-13,30H,3,14H2,1-2,4H3;1-2H3/q+1;. The molecule has 1 aliphatic rings. The SMILES string of the molecule is C=[N+](OC)c1ccc2c(C3=C(c4cn(C)c5ccccc45)C(=O)N(CO)C3=O)cn(C)c2c1.CC. The Morgan fingerprint density at radius 1 is 0.886 bits per heavy atom. The molecule has 1 N–H and O–H groups in total. The highest BCUT2D eigenvalue weighted by Gasteiger charge is 2.41. The first kappa shape index (κ1) is 24.0. The van der Waals surface area contributed by atoms with E-state index in [1.54, 1.807) is 0 Å².